The lowest BCUT2D eigenvalue weighted by molar-refractivity contribution is -0.138. The summed E-state index contributed by atoms with van der Waals surface area (Å²) in [5.74, 6) is 1.05. The Hall–Kier alpha value is -1.46. The predicted molar refractivity (Wildman–Crippen MR) is 59.9 cm³/mol. The van der Waals surface area contributed by atoms with Gasteiger partial charge in [-0.15, -0.1) is 12.3 Å². The number of hydrogen-bond donors (Lipinski definition) is 1. The van der Waals surface area contributed by atoms with Crippen molar-refractivity contribution in [3.63, 3.8) is 0 Å². The Morgan fingerprint density at radius 1 is 1.47 bits per heavy atom. The van der Waals surface area contributed by atoms with E-state index in [2.05, 4.69) is 5.92 Å². The van der Waals surface area contributed by atoms with Crippen LogP contribution in [0.25, 0.3) is 0 Å². The molecule has 1 rings (SSSR count). The highest BCUT2D eigenvalue weighted by Crippen LogP contribution is 2.23. The van der Waals surface area contributed by atoms with Crippen LogP contribution < -0.4 is 0 Å². The van der Waals surface area contributed by atoms with E-state index < -0.39 is 11.9 Å². The van der Waals surface area contributed by atoms with E-state index in [4.69, 9.17) is 23.1 Å². The molecule has 0 aliphatic rings. The Balaban J connectivity index is 2.85. The molecule has 0 aliphatic carbocycles. The highest BCUT2D eigenvalue weighted by atomic mass is 35.5. The maximum absolute atomic E-state index is 11.0. The Morgan fingerprint density at radius 3 is 2.53 bits per heavy atom. The van der Waals surface area contributed by atoms with E-state index >= 15 is 0 Å². The van der Waals surface area contributed by atoms with Crippen molar-refractivity contribution in [2.45, 2.75) is 18.8 Å². The summed E-state index contributed by atoms with van der Waals surface area (Å²) in [5.41, 5.74) is 0.738. The molecule has 0 radical (unpaired) electrons. The van der Waals surface area contributed by atoms with Gasteiger partial charge in [-0.3, -0.25) is 4.79 Å². The number of benzene rings is 1. The van der Waals surface area contributed by atoms with Gasteiger partial charge in [0.05, 0.1) is 5.92 Å². The summed E-state index contributed by atoms with van der Waals surface area (Å²) in [5, 5.41) is 9.62. The Labute approximate surface area is 93.9 Å². The van der Waals surface area contributed by atoms with Crippen LogP contribution in [0.15, 0.2) is 24.3 Å². The van der Waals surface area contributed by atoms with E-state index in [1.807, 2.05) is 0 Å². The highest BCUT2D eigenvalue weighted by Gasteiger charge is 2.18. The number of carbonyl (C=O) groups is 1. The molecule has 0 bridgehead atoms. The van der Waals surface area contributed by atoms with Gasteiger partial charge in [-0.05, 0) is 24.1 Å². The molecule has 0 aromatic heterocycles. The monoisotopic (exact) mass is 222 g/mol. The minimum Gasteiger partial charge on any atom is -0.481 e. The van der Waals surface area contributed by atoms with Crippen molar-refractivity contribution >= 4 is 17.6 Å². The molecule has 1 aromatic rings. The largest absolute Gasteiger partial charge is 0.481 e. The second-order valence-corrected chi connectivity index (χ2v) is 3.62. The summed E-state index contributed by atoms with van der Waals surface area (Å²) in [6.45, 7) is 0. The Kier molecular flexibility index (Phi) is 4.20. The van der Waals surface area contributed by atoms with Gasteiger partial charge in [0.1, 0.15) is 0 Å². The lowest BCUT2D eigenvalue weighted by Gasteiger charge is -2.10. The van der Waals surface area contributed by atoms with Crippen LogP contribution in [0.1, 0.15) is 24.3 Å². The van der Waals surface area contributed by atoms with E-state index in [1.165, 1.54) is 0 Å². The first-order valence-corrected chi connectivity index (χ1v) is 4.94. The number of carboxylic acid groups (broad SMARTS) is 1. The zero-order valence-corrected chi connectivity index (χ0v) is 8.87. The summed E-state index contributed by atoms with van der Waals surface area (Å²) in [6, 6.07) is 6.81. The molecule has 3 heteroatoms. The molecule has 2 nitrogen and oxygen atoms in total. The maximum Gasteiger partial charge on any atom is 0.311 e. The standard InChI is InChI=1S/C12H11ClO2/c1-2-3-4-11(12(14)15)9-5-7-10(13)8-6-9/h1,5-8,11H,3-4H2,(H,14,15). The fraction of sp³-hybridized carbons (Fsp3) is 0.250. The number of carboxylic acids is 1. The van der Waals surface area contributed by atoms with Gasteiger partial charge in [-0.1, -0.05) is 23.7 Å². The van der Waals surface area contributed by atoms with Gasteiger partial charge in [-0.2, -0.15) is 0 Å². The molecule has 1 atom stereocenters. The van der Waals surface area contributed by atoms with Crippen LogP contribution in [0.4, 0.5) is 0 Å². The third-order valence-corrected chi connectivity index (χ3v) is 2.40. The third kappa shape index (κ3) is 3.30. The smallest absolute Gasteiger partial charge is 0.311 e. The number of terminal acetylenes is 1. The quantitative estimate of drug-likeness (QED) is 0.796. The molecule has 78 valence electrons. The summed E-state index contributed by atoms with van der Waals surface area (Å²) >= 11 is 5.72. The maximum atomic E-state index is 11.0. The average molecular weight is 223 g/mol. The number of rotatable bonds is 4. The van der Waals surface area contributed by atoms with E-state index in [9.17, 15) is 4.79 Å². The summed E-state index contributed by atoms with van der Waals surface area (Å²) in [4.78, 5) is 11.0. The normalized spacial score (nSPS) is 11.7. The lowest BCUT2D eigenvalue weighted by atomic mass is 9.95. The summed E-state index contributed by atoms with van der Waals surface area (Å²) in [6.07, 6.45) is 6.02. The first kappa shape index (κ1) is 11.6. The van der Waals surface area contributed by atoms with Gasteiger partial charge in [0.15, 0.2) is 0 Å². The van der Waals surface area contributed by atoms with E-state index in [0.717, 1.165) is 5.56 Å². The van der Waals surface area contributed by atoms with E-state index in [-0.39, 0.29) is 0 Å². The van der Waals surface area contributed by atoms with Crippen LogP contribution in [0, 0.1) is 12.3 Å². The van der Waals surface area contributed by atoms with Gasteiger partial charge < -0.3 is 5.11 Å². The summed E-state index contributed by atoms with van der Waals surface area (Å²) < 4.78 is 0. The number of hydrogen-bond acceptors (Lipinski definition) is 1. The second kappa shape index (κ2) is 5.43. The fourth-order valence-electron chi connectivity index (χ4n) is 1.36. The van der Waals surface area contributed by atoms with Gasteiger partial charge in [0.25, 0.3) is 0 Å². The highest BCUT2D eigenvalue weighted by molar-refractivity contribution is 6.30. The Bertz CT molecular complexity index is 376. The number of aliphatic carboxylic acids is 1. The molecule has 0 heterocycles. The molecule has 0 aliphatic heterocycles. The van der Waals surface area contributed by atoms with Crippen molar-refractivity contribution in [1.82, 2.24) is 0 Å². The molecule has 0 fully saturated rings. The molecular formula is C12H11ClO2. The average Bonchev–Trinajstić information content (AvgIpc) is 2.21. The van der Waals surface area contributed by atoms with Crippen LogP contribution >= 0.6 is 11.6 Å². The predicted octanol–water partition coefficient (Wildman–Crippen LogP) is 2.92. The van der Waals surface area contributed by atoms with E-state index in [0.29, 0.717) is 17.9 Å². The molecule has 15 heavy (non-hydrogen) atoms. The fourth-order valence-corrected chi connectivity index (χ4v) is 1.48. The first-order valence-electron chi connectivity index (χ1n) is 4.57. The zero-order valence-electron chi connectivity index (χ0n) is 8.11. The second-order valence-electron chi connectivity index (χ2n) is 3.19. The Morgan fingerprint density at radius 2 is 2.07 bits per heavy atom. The topological polar surface area (TPSA) is 37.3 Å². The molecule has 1 N–H and O–H groups in total. The van der Waals surface area contributed by atoms with Crippen LogP contribution in [-0.4, -0.2) is 11.1 Å². The van der Waals surface area contributed by atoms with Gasteiger partial charge in [0, 0.05) is 11.4 Å². The molecule has 0 saturated heterocycles. The van der Waals surface area contributed by atoms with Crippen molar-refractivity contribution in [1.29, 1.82) is 0 Å². The van der Waals surface area contributed by atoms with Gasteiger partial charge in [0.2, 0.25) is 0 Å². The molecule has 0 amide bonds. The van der Waals surface area contributed by atoms with Crippen molar-refractivity contribution in [3.8, 4) is 12.3 Å². The third-order valence-electron chi connectivity index (χ3n) is 2.15. The minimum absolute atomic E-state index is 0.452. The minimum atomic E-state index is -0.854. The first-order chi connectivity index (χ1) is 7.15. The van der Waals surface area contributed by atoms with Crippen molar-refractivity contribution < 1.29 is 9.90 Å². The van der Waals surface area contributed by atoms with Crippen LogP contribution in [0.2, 0.25) is 5.02 Å². The molecule has 1 aromatic carbocycles. The molecule has 1 unspecified atom stereocenters. The van der Waals surface area contributed by atoms with E-state index in [1.54, 1.807) is 24.3 Å². The zero-order chi connectivity index (χ0) is 11.3. The van der Waals surface area contributed by atoms with Crippen molar-refractivity contribution in [3.05, 3.63) is 34.9 Å². The number of halogens is 1. The van der Waals surface area contributed by atoms with Crippen molar-refractivity contribution in [2.24, 2.45) is 0 Å². The van der Waals surface area contributed by atoms with Crippen LogP contribution in [0.5, 0.6) is 0 Å². The van der Waals surface area contributed by atoms with Crippen LogP contribution in [-0.2, 0) is 4.79 Å². The lowest BCUT2D eigenvalue weighted by Crippen LogP contribution is -2.11. The summed E-state index contributed by atoms with van der Waals surface area (Å²) in [7, 11) is 0. The SMILES string of the molecule is C#CCCC(C(=O)O)c1ccc(Cl)cc1. The molecular weight excluding hydrogens is 212 g/mol. The van der Waals surface area contributed by atoms with Crippen molar-refractivity contribution in [2.75, 3.05) is 0 Å². The molecule has 0 spiro atoms. The molecule has 0 saturated carbocycles. The van der Waals surface area contributed by atoms with Gasteiger partial charge in [-0.25, -0.2) is 0 Å². The van der Waals surface area contributed by atoms with Gasteiger partial charge >= 0.3 is 5.97 Å². The van der Waals surface area contributed by atoms with Crippen LogP contribution in [0.3, 0.4) is 0 Å².